The summed E-state index contributed by atoms with van der Waals surface area (Å²) >= 11 is 5.04. The van der Waals surface area contributed by atoms with E-state index in [1.54, 1.807) is 18.4 Å². The van der Waals surface area contributed by atoms with Crippen LogP contribution in [0.2, 0.25) is 0 Å². The van der Waals surface area contributed by atoms with Gasteiger partial charge in [-0.3, -0.25) is 15.5 Å². The van der Waals surface area contributed by atoms with Gasteiger partial charge in [-0.05, 0) is 31.1 Å². The van der Waals surface area contributed by atoms with E-state index in [4.69, 9.17) is 12.2 Å². The average Bonchev–Trinajstić information content (AvgIpc) is 3.07. The molecule has 0 bridgehead atoms. The van der Waals surface area contributed by atoms with Crippen molar-refractivity contribution in [2.45, 2.75) is 12.8 Å². The lowest BCUT2D eigenvalue weighted by Crippen LogP contribution is -2.32. The molecule has 0 atom stereocenters. The van der Waals surface area contributed by atoms with Crippen LogP contribution in [0.1, 0.15) is 18.4 Å². The van der Waals surface area contributed by atoms with E-state index in [0.29, 0.717) is 17.2 Å². The highest BCUT2D eigenvalue weighted by Gasteiger charge is 2.17. The van der Waals surface area contributed by atoms with Crippen LogP contribution in [0, 0.1) is 10.1 Å². The summed E-state index contributed by atoms with van der Waals surface area (Å²) < 4.78 is 0. The first-order chi connectivity index (χ1) is 11.1. The number of nitro groups is 1. The molecular weight excluding hydrogens is 314 g/mol. The van der Waals surface area contributed by atoms with Crippen LogP contribution < -0.4 is 15.6 Å². The molecule has 2 rings (SSSR count). The normalized spacial score (nSPS) is 14.0. The fourth-order valence-corrected chi connectivity index (χ4v) is 2.51. The molecular formula is C15H19N5O2S. The van der Waals surface area contributed by atoms with Gasteiger partial charge in [0.1, 0.15) is 0 Å². The highest BCUT2D eigenvalue weighted by molar-refractivity contribution is 7.80. The minimum Gasteiger partial charge on any atom is -0.371 e. The SMILES string of the molecule is C=CCNC(=S)N/N=C\c1cc([N+](=O)[O-])ccc1N1CCCC1. The summed E-state index contributed by atoms with van der Waals surface area (Å²) in [5, 5.41) is 18.3. The van der Waals surface area contributed by atoms with E-state index in [9.17, 15) is 10.1 Å². The zero-order valence-electron chi connectivity index (χ0n) is 12.7. The number of hydrazone groups is 1. The van der Waals surface area contributed by atoms with Gasteiger partial charge >= 0.3 is 0 Å². The molecule has 0 unspecified atom stereocenters. The summed E-state index contributed by atoms with van der Waals surface area (Å²) in [6.45, 7) is 6.02. The zero-order valence-corrected chi connectivity index (χ0v) is 13.5. The Bertz CT molecular complexity index is 626. The van der Waals surface area contributed by atoms with Crippen molar-refractivity contribution in [3.8, 4) is 0 Å². The third-order valence-electron chi connectivity index (χ3n) is 3.45. The van der Waals surface area contributed by atoms with Gasteiger partial charge in [0.05, 0.1) is 11.1 Å². The predicted molar refractivity (Wildman–Crippen MR) is 96.1 cm³/mol. The molecule has 1 aliphatic rings. The van der Waals surface area contributed by atoms with Gasteiger partial charge in [0.2, 0.25) is 0 Å². The van der Waals surface area contributed by atoms with Crippen LogP contribution in [-0.2, 0) is 0 Å². The molecule has 0 amide bonds. The van der Waals surface area contributed by atoms with Crippen molar-refractivity contribution in [2.75, 3.05) is 24.5 Å². The lowest BCUT2D eigenvalue weighted by molar-refractivity contribution is -0.384. The van der Waals surface area contributed by atoms with Gasteiger partial charge in [0.25, 0.3) is 5.69 Å². The lowest BCUT2D eigenvalue weighted by atomic mass is 10.1. The Morgan fingerprint density at radius 1 is 1.48 bits per heavy atom. The molecule has 23 heavy (non-hydrogen) atoms. The maximum atomic E-state index is 11.0. The summed E-state index contributed by atoms with van der Waals surface area (Å²) in [5.41, 5.74) is 4.37. The zero-order chi connectivity index (χ0) is 16.7. The van der Waals surface area contributed by atoms with Crippen molar-refractivity contribution in [2.24, 2.45) is 5.10 Å². The second-order valence-electron chi connectivity index (χ2n) is 5.06. The number of non-ortho nitro benzene ring substituents is 1. The number of benzene rings is 1. The Balaban J connectivity index is 2.16. The van der Waals surface area contributed by atoms with Crippen LogP contribution in [0.25, 0.3) is 0 Å². The Morgan fingerprint density at radius 2 is 2.22 bits per heavy atom. The van der Waals surface area contributed by atoms with Crippen molar-refractivity contribution < 1.29 is 4.92 Å². The number of rotatable bonds is 6. The Labute approximate surface area is 140 Å². The third-order valence-corrected chi connectivity index (χ3v) is 3.68. The molecule has 1 aromatic rings. The van der Waals surface area contributed by atoms with E-state index >= 15 is 0 Å². The molecule has 7 nitrogen and oxygen atoms in total. The van der Waals surface area contributed by atoms with Crippen LogP contribution in [0.4, 0.5) is 11.4 Å². The molecule has 122 valence electrons. The maximum absolute atomic E-state index is 11.0. The molecule has 0 aliphatic carbocycles. The first kappa shape index (κ1) is 16.9. The van der Waals surface area contributed by atoms with Crippen molar-refractivity contribution in [3.05, 3.63) is 46.5 Å². The van der Waals surface area contributed by atoms with Gasteiger partial charge < -0.3 is 10.2 Å². The first-order valence-corrected chi connectivity index (χ1v) is 7.74. The molecule has 0 saturated carbocycles. The smallest absolute Gasteiger partial charge is 0.270 e. The Kier molecular flexibility index (Phi) is 6.04. The minimum absolute atomic E-state index is 0.0433. The van der Waals surface area contributed by atoms with Crippen molar-refractivity contribution in [1.82, 2.24) is 10.7 Å². The summed E-state index contributed by atoms with van der Waals surface area (Å²) in [6.07, 6.45) is 5.50. The van der Waals surface area contributed by atoms with E-state index in [-0.39, 0.29) is 5.69 Å². The second kappa shape index (κ2) is 8.23. The fraction of sp³-hybridized carbons (Fsp3) is 0.333. The van der Waals surface area contributed by atoms with Gasteiger partial charge in [-0.25, -0.2) is 0 Å². The van der Waals surface area contributed by atoms with Gasteiger partial charge in [-0.15, -0.1) is 6.58 Å². The average molecular weight is 333 g/mol. The quantitative estimate of drug-likeness (QED) is 0.273. The molecule has 8 heteroatoms. The van der Waals surface area contributed by atoms with E-state index < -0.39 is 4.92 Å². The number of nitrogens with one attached hydrogen (secondary N) is 2. The molecule has 1 aromatic carbocycles. The number of anilines is 1. The maximum Gasteiger partial charge on any atom is 0.270 e. The van der Waals surface area contributed by atoms with E-state index in [2.05, 4.69) is 27.3 Å². The van der Waals surface area contributed by atoms with Gasteiger partial charge in [-0.2, -0.15) is 5.10 Å². The molecule has 0 spiro atoms. The fourth-order valence-electron chi connectivity index (χ4n) is 2.37. The van der Waals surface area contributed by atoms with Crippen molar-refractivity contribution in [1.29, 1.82) is 0 Å². The molecule has 1 saturated heterocycles. The monoisotopic (exact) mass is 333 g/mol. The van der Waals surface area contributed by atoms with E-state index in [1.807, 2.05) is 0 Å². The topological polar surface area (TPSA) is 82.8 Å². The van der Waals surface area contributed by atoms with Crippen molar-refractivity contribution >= 4 is 34.9 Å². The predicted octanol–water partition coefficient (Wildman–Crippen LogP) is 2.18. The first-order valence-electron chi connectivity index (χ1n) is 7.33. The number of hydrogen-bond donors (Lipinski definition) is 2. The van der Waals surface area contributed by atoms with Crippen LogP contribution >= 0.6 is 12.2 Å². The number of hydrogen-bond acceptors (Lipinski definition) is 5. The van der Waals surface area contributed by atoms with Crippen LogP contribution in [0.5, 0.6) is 0 Å². The number of nitro benzene ring substituents is 1. The van der Waals surface area contributed by atoms with E-state index in [0.717, 1.165) is 31.6 Å². The molecule has 0 radical (unpaired) electrons. The standard InChI is InChI=1S/C15H19N5O2S/c1-2-7-16-15(23)18-17-11-12-10-13(20(21)22)5-6-14(12)19-8-3-4-9-19/h2,5-6,10-11H,1,3-4,7-9H2,(H2,16,18,23)/b17-11-. The highest BCUT2D eigenvalue weighted by Crippen LogP contribution is 2.27. The van der Waals surface area contributed by atoms with Crippen LogP contribution in [-0.4, -0.2) is 35.9 Å². The molecule has 2 N–H and O–H groups in total. The van der Waals surface area contributed by atoms with Gasteiger partial charge in [0, 0.05) is 43.0 Å². The Morgan fingerprint density at radius 3 is 2.87 bits per heavy atom. The number of nitrogens with zero attached hydrogens (tertiary/aromatic N) is 3. The molecule has 0 aromatic heterocycles. The minimum atomic E-state index is -0.408. The summed E-state index contributed by atoms with van der Waals surface area (Å²) in [4.78, 5) is 12.8. The number of thiocarbonyl (C=S) groups is 1. The van der Waals surface area contributed by atoms with Crippen LogP contribution in [0.15, 0.2) is 36.0 Å². The largest absolute Gasteiger partial charge is 0.371 e. The Hall–Kier alpha value is -2.48. The third kappa shape index (κ3) is 4.75. The second-order valence-corrected chi connectivity index (χ2v) is 5.47. The van der Waals surface area contributed by atoms with Crippen molar-refractivity contribution in [3.63, 3.8) is 0 Å². The lowest BCUT2D eigenvalue weighted by Gasteiger charge is -2.19. The van der Waals surface area contributed by atoms with E-state index in [1.165, 1.54) is 12.1 Å². The molecule has 1 fully saturated rings. The summed E-state index contributed by atoms with van der Waals surface area (Å²) in [5.74, 6) is 0. The summed E-state index contributed by atoms with van der Waals surface area (Å²) in [7, 11) is 0. The van der Waals surface area contributed by atoms with Gasteiger partial charge in [0.15, 0.2) is 5.11 Å². The molecule has 1 aliphatic heterocycles. The van der Waals surface area contributed by atoms with Crippen LogP contribution in [0.3, 0.4) is 0 Å². The summed E-state index contributed by atoms with van der Waals surface area (Å²) in [6, 6.07) is 4.83. The van der Waals surface area contributed by atoms with Gasteiger partial charge in [-0.1, -0.05) is 6.08 Å². The molecule has 1 heterocycles. The highest BCUT2D eigenvalue weighted by atomic mass is 32.1.